The van der Waals surface area contributed by atoms with Gasteiger partial charge < -0.3 is 53.2 Å². The van der Waals surface area contributed by atoms with E-state index in [0.717, 1.165) is 36.0 Å². The Labute approximate surface area is 357 Å². The van der Waals surface area contributed by atoms with Crippen LogP contribution in [0.2, 0.25) is 0 Å². The fourth-order valence-corrected chi connectivity index (χ4v) is 6.31. The van der Waals surface area contributed by atoms with Crippen molar-refractivity contribution in [2.45, 2.75) is 103 Å². The van der Waals surface area contributed by atoms with Gasteiger partial charge in [0.25, 0.3) is 0 Å². The Bertz CT molecular complexity index is 1740. The Balaban J connectivity index is 2.25. The topological polar surface area (TPSA) is 287 Å². The molecule has 0 saturated heterocycles. The second-order valence-corrected chi connectivity index (χ2v) is 15.0. The molecule has 0 saturated carbocycles. The van der Waals surface area contributed by atoms with Crippen LogP contribution in [0.25, 0.3) is 11.1 Å². The molecule has 18 nitrogen and oxygen atoms in total. The Hall–Kier alpha value is -5.72. The summed E-state index contributed by atoms with van der Waals surface area (Å²) in [4.78, 5) is 97.7. The van der Waals surface area contributed by atoms with Crippen LogP contribution >= 0.6 is 0 Å². The van der Waals surface area contributed by atoms with Gasteiger partial charge in [-0.15, -0.1) is 0 Å². The molecule has 2 aromatic carbocycles. The second-order valence-electron chi connectivity index (χ2n) is 15.0. The zero-order chi connectivity index (χ0) is 45.2. The number of ketones is 1. The van der Waals surface area contributed by atoms with Gasteiger partial charge in [-0.1, -0.05) is 56.2 Å². The van der Waals surface area contributed by atoms with E-state index in [0.29, 0.717) is 25.2 Å². The summed E-state index contributed by atoms with van der Waals surface area (Å²) in [6.07, 6.45) is 2.69. The van der Waals surface area contributed by atoms with Crippen molar-refractivity contribution in [3.05, 3.63) is 54.1 Å². The van der Waals surface area contributed by atoms with Crippen molar-refractivity contribution in [1.82, 2.24) is 31.9 Å². The monoisotopic (exact) mass is 852 g/mol. The second kappa shape index (κ2) is 28.7. The van der Waals surface area contributed by atoms with Crippen LogP contribution in [0.4, 0.5) is 5.69 Å². The highest BCUT2D eigenvalue weighted by Gasteiger charge is 2.28. The minimum Gasteiger partial charge on any atom is -0.481 e. The molecule has 0 unspecified atom stereocenters. The number of rotatable bonds is 31. The standard InChI is InChI=1S/C43H64N8O10/c1-4-5-7-34(44)26-45-20-18-36(46-22-23-47-40(56)27-49-28(2)52)38(54)25-33(42(59)48-21-19-37(43(60)61)51-39(55)8-6-9-41(57)58)24-30-10-12-31(13-11-30)32-14-16-35(17-15-32)50-29(3)53/h10-17,33-34,36-37,45-46H,4-9,18-27,44H2,1-3H3,(H,47,56)(H,48,59)(H,49,52)(H,50,53)(H,51,55)(H,57,58)(H,60,61)/t33-,34-,36-,37+/m0/s1. The van der Waals surface area contributed by atoms with Crippen molar-refractivity contribution >= 4 is 52.9 Å². The minimum absolute atomic E-state index is 0.0391. The lowest BCUT2D eigenvalue weighted by Gasteiger charge is -2.23. The maximum absolute atomic E-state index is 14.1. The Morgan fingerprint density at radius 1 is 0.689 bits per heavy atom. The summed E-state index contributed by atoms with van der Waals surface area (Å²) >= 11 is 0. The molecule has 61 heavy (non-hydrogen) atoms. The van der Waals surface area contributed by atoms with Crippen molar-refractivity contribution in [3.63, 3.8) is 0 Å². The molecule has 4 atom stereocenters. The van der Waals surface area contributed by atoms with Crippen molar-refractivity contribution in [2.24, 2.45) is 11.7 Å². The summed E-state index contributed by atoms with van der Waals surface area (Å²) in [7, 11) is 0. The molecule has 336 valence electrons. The van der Waals surface area contributed by atoms with Crippen LogP contribution < -0.4 is 43.0 Å². The number of carbonyl (C=O) groups is 8. The Morgan fingerprint density at radius 2 is 1.34 bits per heavy atom. The van der Waals surface area contributed by atoms with Crippen LogP contribution in [-0.4, -0.2) is 115 Å². The van der Waals surface area contributed by atoms with Crippen molar-refractivity contribution < 1.29 is 48.6 Å². The van der Waals surface area contributed by atoms with Crippen molar-refractivity contribution in [2.75, 3.05) is 44.6 Å². The number of amides is 5. The van der Waals surface area contributed by atoms with Gasteiger partial charge in [0.15, 0.2) is 5.78 Å². The molecule has 18 heteroatoms. The number of hydrogen-bond acceptors (Lipinski definition) is 11. The van der Waals surface area contributed by atoms with E-state index in [4.69, 9.17) is 10.8 Å². The lowest BCUT2D eigenvalue weighted by Crippen LogP contribution is -2.46. The number of carboxylic acid groups (broad SMARTS) is 2. The molecule has 2 rings (SSSR count). The number of aliphatic carboxylic acids is 2. The summed E-state index contributed by atoms with van der Waals surface area (Å²) < 4.78 is 0. The number of carboxylic acids is 2. The molecule has 11 N–H and O–H groups in total. The van der Waals surface area contributed by atoms with Gasteiger partial charge in [0.05, 0.1) is 12.6 Å². The van der Waals surface area contributed by atoms with E-state index in [-0.39, 0.29) is 88.3 Å². The third kappa shape index (κ3) is 22.5. The molecule has 0 heterocycles. The quantitative estimate of drug-likeness (QED) is 0.0482. The summed E-state index contributed by atoms with van der Waals surface area (Å²) in [6.45, 7) is 5.90. The van der Waals surface area contributed by atoms with E-state index < -0.39 is 47.7 Å². The van der Waals surface area contributed by atoms with E-state index in [1.807, 2.05) is 36.4 Å². The van der Waals surface area contributed by atoms with Crippen LogP contribution in [-0.2, 0) is 44.8 Å². The highest BCUT2D eigenvalue weighted by molar-refractivity contribution is 5.90. The molecular formula is C43H64N8O10. The summed E-state index contributed by atoms with van der Waals surface area (Å²) in [6, 6.07) is 12.7. The van der Waals surface area contributed by atoms with Gasteiger partial charge in [0.1, 0.15) is 6.04 Å². The van der Waals surface area contributed by atoms with Gasteiger partial charge >= 0.3 is 11.9 Å². The SMILES string of the molecule is CCCC[C@H](N)CNCC[C@H](NCCNC(=O)CNC(C)=O)C(=O)C[C@H](Cc1ccc(-c2ccc(NC(C)=O)cc2)cc1)C(=O)NCC[C@@H](NC(=O)CCCC(=O)O)C(=O)O. The lowest BCUT2D eigenvalue weighted by molar-refractivity contribution is -0.142. The van der Waals surface area contributed by atoms with Crippen LogP contribution in [0.1, 0.15) is 84.1 Å². The van der Waals surface area contributed by atoms with E-state index in [2.05, 4.69) is 44.1 Å². The van der Waals surface area contributed by atoms with E-state index >= 15 is 0 Å². The third-order valence-corrected chi connectivity index (χ3v) is 9.62. The van der Waals surface area contributed by atoms with Crippen molar-refractivity contribution in [1.29, 1.82) is 0 Å². The highest BCUT2D eigenvalue weighted by Crippen LogP contribution is 2.24. The smallest absolute Gasteiger partial charge is 0.326 e. The molecule has 0 spiro atoms. The normalized spacial score (nSPS) is 12.9. The number of nitrogens with two attached hydrogens (primary N) is 1. The summed E-state index contributed by atoms with van der Waals surface area (Å²) in [5.74, 6) is -5.57. The molecule has 0 aliphatic carbocycles. The molecule has 0 radical (unpaired) electrons. The largest absolute Gasteiger partial charge is 0.481 e. The molecule has 0 aliphatic heterocycles. The van der Waals surface area contributed by atoms with Gasteiger partial charge in [-0.05, 0) is 67.5 Å². The molecule has 0 aromatic heterocycles. The molecule has 0 fully saturated rings. The van der Waals surface area contributed by atoms with Crippen molar-refractivity contribution in [3.8, 4) is 11.1 Å². The third-order valence-electron chi connectivity index (χ3n) is 9.62. The number of anilines is 1. The molecule has 0 aliphatic rings. The van der Waals surface area contributed by atoms with Crippen LogP contribution in [0.3, 0.4) is 0 Å². The fraction of sp³-hybridized carbons (Fsp3) is 0.535. The predicted octanol–water partition coefficient (Wildman–Crippen LogP) is 1.47. The molecule has 0 bridgehead atoms. The first-order valence-corrected chi connectivity index (χ1v) is 20.8. The fourth-order valence-electron chi connectivity index (χ4n) is 6.31. The number of unbranched alkanes of at least 4 members (excludes halogenated alkanes) is 1. The lowest BCUT2D eigenvalue weighted by atomic mass is 9.90. The average Bonchev–Trinajstić information content (AvgIpc) is 3.20. The number of nitrogens with one attached hydrogen (secondary N) is 7. The number of carbonyl (C=O) groups excluding carboxylic acids is 6. The van der Waals surface area contributed by atoms with Gasteiger partial charge in [-0.2, -0.15) is 0 Å². The van der Waals surface area contributed by atoms with E-state index in [1.54, 1.807) is 12.1 Å². The predicted molar refractivity (Wildman–Crippen MR) is 230 cm³/mol. The molecule has 2 aromatic rings. The first-order valence-electron chi connectivity index (χ1n) is 20.8. The average molecular weight is 853 g/mol. The van der Waals surface area contributed by atoms with Gasteiger partial charge in [-0.25, -0.2) is 4.79 Å². The van der Waals surface area contributed by atoms with Gasteiger partial charge in [-0.3, -0.25) is 33.6 Å². The zero-order valence-electron chi connectivity index (χ0n) is 35.5. The number of Topliss-reactive ketones (excluding diaryl/α,β-unsaturated/α-hetero) is 1. The molecule has 5 amide bonds. The number of benzene rings is 2. The maximum Gasteiger partial charge on any atom is 0.326 e. The Kier molecular flexibility index (Phi) is 24.2. The van der Waals surface area contributed by atoms with Gasteiger partial charge in [0.2, 0.25) is 29.5 Å². The van der Waals surface area contributed by atoms with Crippen LogP contribution in [0.15, 0.2) is 48.5 Å². The number of hydrogen-bond donors (Lipinski definition) is 10. The molecular weight excluding hydrogens is 789 g/mol. The van der Waals surface area contributed by atoms with Crippen LogP contribution in [0, 0.1) is 5.92 Å². The minimum atomic E-state index is -1.34. The summed E-state index contributed by atoms with van der Waals surface area (Å²) in [5, 5.41) is 38.0. The highest BCUT2D eigenvalue weighted by atomic mass is 16.4. The zero-order valence-corrected chi connectivity index (χ0v) is 35.5. The summed E-state index contributed by atoms with van der Waals surface area (Å²) in [5.41, 5.74) is 9.43. The van der Waals surface area contributed by atoms with Crippen LogP contribution in [0.5, 0.6) is 0 Å². The van der Waals surface area contributed by atoms with E-state index in [9.17, 15) is 43.5 Å². The Morgan fingerprint density at radius 3 is 1.95 bits per heavy atom. The van der Waals surface area contributed by atoms with Gasteiger partial charge in [0, 0.05) is 76.9 Å². The van der Waals surface area contributed by atoms with E-state index in [1.165, 1.54) is 13.8 Å². The first kappa shape index (κ1) is 51.4. The first-order chi connectivity index (χ1) is 29.1. The maximum atomic E-state index is 14.1.